The number of nitrogens with zero attached hydrogens (tertiary/aromatic N) is 1. The number of carbonyl (C=O) groups is 2. The number of halogens is 2. The van der Waals surface area contributed by atoms with E-state index in [1.165, 1.54) is 4.90 Å². The van der Waals surface area contributed by atoms with E-state index >= 15 is 0 Å². The average molecular weight is 269 g/mol. The molecule has 6 heteroatoms. The molecule has 0 radical (unpaired) electrons. The van der Waals surface area contributed by atoms with E-state index < -0.39 is 29.4 Å². The van der Waals surface area contributed by atoms with Crippen LogP contribution in [0.25, 0.3) is 0 Å². The zero-order valence-corrected chi connectivity index (χ0v) is 10.3. The molecule has 0 spiro atoms. The zero-order chi connectivity index (χ0) is 14.2. The van der Waals surface area contributed by atoms with Crippen LogP contribution in [0.1, 0.15) is 17.3 Å². The first-order valence-corrected chi connectivity index (χ1v) is 5.87. The van der Waals surface area contributed by atoms with E-state index in [1.54, 1.807) is 6.92 Å². The maximum Gasteiger partial charge on any atom is 0.308 e. The fraction of sp³-hybridized carbons (Fsp3) is 0.385. The Balaban J connectivity index is 2.19. The number of hydrogen-bond donors (Lipinski definition) is 1. The van der Waals surface area contributed by atoms with Crippen LogP contribution >= 0.6 is 0 Å². The Bertz CT molecular complexity index is 533. The third kappa shape index (κ3) is 2.57. The second-order valence-electron chi connectivity index (χ2n) is 4.76. The molecule has 0 saturated carbocycles. The summed E-state index contributed by atoms with van der Waals surface area (Å²) < 4.78 is 26.3. The minimum Gasteiger partial charge on any atom is -0.481 e. The van der Waals surface area contributed by atoms with Gasteiger partial charge in [-0.1, -0.05) is 6.92 Å². The lowest BCUT2D eigenvalue weighted by Gasteiger charge is -2.16. The number of carbonyl (C=O) groups excluding carboxylic acids is 1. The minimum atomic E-state index is -0.970. The molecule has 2 unspecified atom stereocenters. The topological polar surface area (TPSA) is 57.6 Å². The average Bonchev–Trinajstić information content (AvgIpc) is 2.70. The van der Waals surface area contributed by atoms with Gasteiger partial charge in [0.2, 0.25) is 0 Å². The predicted molar refractivity (Wildman–Crippen MR) is 62.6 cm³/mol. The molecule has 1 aromatic carbocycles. The van der Waals surface area contributed by atoms with Gasteiger partial charge in [0.15, 0.2) is 0 Å². The van der Waals surface area contributed by atoms with E-state index in [0.29, 0.717) is 6.07 Å². The molecule has 1 aliphatic rings. The van der Waals surface area contributed by atoms with E-state index in [1.807, 2.05) is 0 Å². The molecular formula is C13H13F2NO3. The molecule has 1 saturated heterocycles. The van der Waals surface area contributed by atoms with Crippen molar-refractivity contribution in [2.45, 2.75) is 6.92 Å². The Morgan fingerprint density at radius 1 is 1.32 bits per heavy atom. The molecule has 102 valence electrons. The summed E-state index contributed by atoms with van der Waals surface area (Å²) in [5.74, 6) is -4.10. The molecule has 0 aliphatic carbocycles. The Morgan fingerprint density at radius 3 is 2.53 bits per heavy atom. The molecule has 0 aromatic heterocycles. The molecule has 1 amide bonds. The van der Waals surface area contributed by atoms with Crippen molar-refractivity contribution in [1.29, 1.82) is 0 Å². The molecule has 4 nitrogen and oxygen atoms in total. The van der Waals surface area contributed by atoms with Crippen molar-refractivity contribution in [3.05, 3.63) is 35.4 Å². The summed E-state index contributed by atoms with van der Waals surface area (Å²) in [6.07, 6.45) is 0. The summed E-state index contributed by atoms with van der Waals surface area (Å²) in [5, 5.41) is 8.98. The van der Waals surface area contributed by atoms with Gasteiger partial charge in [0.1, 0.15) is 11.6 Å². The van der Waals surface area contributed by atoms with E-state index in [4.69, 9.17) is 5.11 Å². The summed E-state index contributed by atoms with van der Waals surface area (Å²) in [4.78, 5) is 24.3. The second-order valence-corrected chi connectivity index (χ2v) is 4.76. The van der Waals surface area contributed by atoms with E-state index in [9.17, 15) is 18.4 Å². The summed E-state index contributed by atoms with van der Waals surface area (Å²) in [6, 6.07) is 2.72. The molecule has 1 aliphatic heterocycles. The summed E-state index contributed by atoms with van der Waals surface area (Å²) >= 11 is 0. The number of carboxylic acids is 1. The first-order valence-electron chi connectivity index (χ1n) is 5.87. The van der Waals surface area contributed by atoms with Gasteiger partial charge in [0.05, 0.1) is 11.5 Å². The zero-order valence-electron chi connectivity index (χ0n) is 10.3. The minimum absolute atomic E-state index is 0.0478. The van der Waals surface area contributed by atoms with Gasteiger partial charge in [-0.3, -0.25) is 9.59 Å². The van der Waals surface area contributed by atoms with Crippen LogP contribution in [0, 0.1) is 23.5 Å². The van der Waals surface area contributed by atoms with Gasteiger partial charge in [-0.05, 0) is 18.1 Å². The molecule has 2 rings (SSSR count). The molecule has 1 aromatic rings. The summed E-state index contributed by atoms with van der Waals surface area (Å²) in [7, 11) is 0. The monoisotopic (exact) mass is 269 g/mol. The van der Waals surface area contributed by atoms with Crippen LogP contribution in [0.15, 0.2) is 18.2 Å². The van der Waals surface area contributed by atoms with Crippen LogP contribution in [0.4, 0.5) is 8.78 Å². The molecule has 1 heterocycles. The SMILES string of the molecule is CC1CN(C(=O)c2ccc(F)cc2F)CC1C(=O)O. The molecular weight excluding hydrogens is 256 g/mol. The Kier molecular flexibility index (Phi) is 3.50. The van der Waals surface area contributed by atoms with Crippen molar-refractivity contribution in [3.8, 4) is 0 Å². The number of aliphatic carboxylic acids is 1. The van der Waals surface area contributed by atoms with E-state index in [2.05, 4.69) is 0 Å². The third-order valence-electron chi connectivity index (χ3n) is 3.38. The normalized spacial score (nSPS) is 22.6. The standard InChI is InChI=1S/C13H13F2NO3/c1-7-5-16(6-10(7)13(18)19)12(17)9-3-2-8(14)4-11(9)15/h2-4,7,10H,5-6H2,1H3,(H,18,19). The van der Waals surface area contributed by atoms with Gasteiger partial charge in [-0.25, -0.2) is 8.78 Å². The van der Waals surface area contributed by atoms with Crippen molar-refractivity contribution in [3.63, 3.8) is 0 Å². The van der Waals surface area contributed by atoms with Gasteiger partial charge < -0.3 is 10.0 Å². The quantitative estimate of drug-likeness (QED) is 0.890. The highest BCUT2D eigenvalue weighted by Gasteiger charge is 2.37. The van der Waals surface area contributed by atoms with Crippen LogP contribution < -0.4 is 0 Å². The fourth-order valence-electron chi connectivity index (χ4n) is 2.29. The number of carboxylic acid groups (broad SMARTS) is 1. The largest absolute Gasteiger partial charge is 0.481 e. The highest BCUT2D eigenvalue weighted by molar-refractivity contribution is 5.95. The lowest BCUT2D eigenvalue weighted by Crippen LogP contribution is -2.30. The van der Waals surface area contributed by atoms with Crippen LogP contribution in [0.5, 0.6) is 0 Å². The van der Waals surface area contributed by atoms with Gasteiger partial charge in [0, 0.05) is 19.2 Å². The lowest BCUT2D eigenvalue weighted by atomic mass is 9.99. The Morgan fingerprint density at radius 2 is 2.00 bits per heavy atom. The van der Waals surface area contributed by atoms with Crippen LogP contribution in [-0.2, 0) is 4.79 Å². The molecule has 1 fully saturated rings. The van der Waals surface area contributed by atoms with E-state index in [0.717, 1.165) is 12.1 Å². The fourth-order valence-corrected chi connectivity index (χ4v) is 2.29. The van der Waals surface area contributed by atoms with Crippen LogP contribution in [0.3, 0.4) is 0 Å². The van der Waals surface area contributed by atoms with Gasteiger partial charge in [-0.2, -0.15) is 0 Å². The lowest BCUT2D eigenvalue weighted by molar-refractivity contribution is -0.142. The van der Waals surface area contributed by atoms with Crippen molar-refractivity contribution in [2.75, 3.05) is 13.1 Å². The van der Waals surface area contributed by atoms with Gasteiger partial charge in [0.25, 0.3) is 5.91 Å². The van der Waals surface area contributed by atoms with Crippen molar-refractivity contribution in [1.82, 2.24) is 4.90 Å². The first kappa shape index (κ1) is 13.5. The van der Waals surface area contributed by atoms with Crippen LogP contribution in [-0.4, -0.2) is 35.0 Å². The molecule has 1 N–H and O–H groups in total. The first-order chi connectivity index (χ1) is 8.90. The molecule has 19 heavy (non-hydrogen) atoms. The number of hydrogen-bond acceptors (Lipinski definition) is 2. The van der Waals surface area contributed by atoms with Crippen molar-refractivity contribution < 1.29 is 23.5 Å². The number of rotatable bonds is 2. The number of likely N-dealkylation sites (tertiary alicyclic amines) is 1. The maximum absolute atomic E-state index is 13.5. The summed E-state index contributed by atoms with van der Waals surface area (Å²) in [6.45, 7) is 2.03. The van der Waals surface area contributed by atoms with Crippen molar-refractivity contribution >= 4 is 11.9 Å². The van der Waals surface area contributed by atoms with E-state index in [-0.39, 0.29) is 24.6 Å². The van der Waals surface area contributed by atoms with Crippen LogP contribution in [0.2, 0.25) is 0 Å². The number of amides is 1. The Labute approximate surface area is 108 Å². The molecule has 0 bridgehead atoms. The Hall–Kier alpha value is -1.98. The maximum atomic E-state index is 13.5. The summed E-state index contributed by atoms with van der Waals surface area (Å²) in [5.41, 5.74) is -0.236. The number of benzene rings is 1. The van der Waals surface area contributed by atoms with Gasteiger partial charge >= 0.3 is 5.97 Å². The molecule has 2 atom stereocenters. The second kappa shape index (κ2) is 4.95. The highest BCUT2D eigenvalue weighted by atomic mass is 19.1. The van der Waals surface area contributed by atoms with Gasteiger partial charge in [-0.15, -0.1) is 0 Å². The smallest absolute Gasteiger partial charge is 0.308 e. The highest BCUT2D eigenvalue weighted by Crippen LogP contribution is 2.25. The van der Waals surface area contributed by atoms with Crippen molar-refractivity contribution in [2.24, 2.45) is 11.8 Å². The predicted octanol–water partition coefficient (Wildman–Crippen LogP) is 1.76. The third-order valence-corrected chi connectivity index (χ3v) is 3.38.